The van der Waals surface area contributed by atoms with E-state index in [0.29, 0.717) is 22.9 Å². The van der Waals surface area contributed by atoms with Crippen LogP contribution in [0.1, 0.15) is 28.7 Å². The highest BCUT2D eigenvalue weighted by atomic mass is 35.5. The fraction of sp³-hybridized carbons (Fsp3) is 0.381. The summed E-state index contributed by atoms with van der Waals surface area (Å²) < 4.78 is 30.5. The van der Waals surface area contributed by atoms with Gasteiger partial charge in [0, 0.05) is 23.0 Å². The zero-order valence-electron chi connectivity index (χ0n) is 17.6. The Labute approximate surface area is 194 Å². The maximum absolute atomic E-state index is 12.6. The molecule has 170 valence electrons. The molecule has 1 unspecified atom stereocenters. The molecule has 3 aromatic rings. The molecule has 0 aliphatic carbocycles. The minimum Gasteiger partial charge on any atom is -0.451 e. The quantitative estimate of drug-likeness (QED) is 0.487. The van der Waals surface area contributed by atoms with Gasteiger partial charge >= 0.3 is 5.97 Å². The number of carbonyl (C=O) groups excluding carboxylic acids is 2. The van der Waals surface area contributed by atoms with Gasteiger partial charge < -0.3 is 9.64 Å². The summed E-state index contributed by atoms with van der Waals surface area (Å²) in [5.74, 6) is -0.973. The van der Waals surface area contributed by atoms with Gasteiger partial charge in [-0.1, -0.05) is 17.7 Å². The van der Waals surface area contributed by atoms with E-state index in [1.807, 2.05) is 19.1 Å². The van der Waals surface area contributed by atoms with E-state index in [1.54, 1.807) is 29.8 Å². The van der Waals surface area contributed by atoms with Crippen molar-refractivity contribution in [1.29, 1.82) is 0 Å². The van der Waals surface area contributed by atoms with Crippen LogP contribution in [0, 0.1) is 6.92 Å². The first-order valence-corrected chi connectivity index (χ1v) is 13.1. The van der Waals surface area contributed by atoms with Gasteiger partial charge in [0.1, 0.15) is 9.71 Å². The summed E-state index contributed by atoms with van der Waals surface area (Å²) in [6, 6.07) is 8.59. The lowest BCUT2D eigenvalue weighted by Crippen LogP contribution is -2.43. The molecule has 32 heavy (non-hydrogen) atoms. The van der Waals surface area contributed by atoms with Gasteiger partial charge in [0.2, 0.25) is 0 Å². The van der Waals surface area contributed by atoms with Gasteiger partial charge in [0.25, 0.3) is 5.91 Å². The third kappa shape index (κ3) is 4.53. The van der Waals surface area contributed by atoms with Crippen molar-refractivity contribution in [1.82, 2.24) is 14.7 Å². The first-order valence-electron chi connectivity index (χ1n) is 10.1. The predicted octanol–water partition coefficient (Wildman–Crippen LogP) is 3.24. The lowest BCUT2D eigenvalue weighted by molar-refractivity contribution is -0.136. The van der Waals surface area contributed by atoms with E-state index in [9.17, 15) is 18.0 Å². The molecular formula is C21H22ClN3O5S2. The molecule has 4 rings (SSSR count). The molecule has 1 amide bonds. The fourth-order valence-electron chi connectivity index (χ4n) is 3.87. The number of halogens is 1. The maximum atomic E-state index is 12.6. The summed E-state index contributed by atoms with van der Waals surface area (Å²) in [6.07, 6.45) is 0.408. The van der Waals surface area contributed by atoms with Crippen molar-refractivity contribution in [3.05, 3.63) is 45.9 Å². The van der Waals surface area contributed by atoms with Crippen molar-refractivity contribution < 1.29 is 22.7 Å². The number of likely N-dealkylation sites (N-methyl/N-ethyl adjacent to an activating group) is 1. The van der Waals surface area contributed by atoms with E-state index in [2.05, 4.69) is 5.10 Å². The summed E-state index contributed by atoms with van der Waals surface area (Å²) in [5.41, 5.74) is 1.53. The molecule has 8 nitrogen and oxygen atoms in total. The van der Waals surface area contributed by atoms with Crippen LogP contribution in [0.3, 0.4) is 0 Å². The molecular weight excluding hydrogens is 474 g/mol. The van der Waals surface area contributed by atoms with Gasteiger partial charge in [-0.2, -0.15) is 5.10 Å². The molecule has 0 N–H and O–H groups in total. The van der Waals surface area contributed by atoms with E-state index in [1.165, 1.54) is 16.2 Å². The number of rotatable bonds is 6. The Bertz CT molecular complexity index is 1300. The minimum absolute atomic E-state index is 0.0455. The summed E-state index contributed by atoms with van der Waals surface area (Å²) >= 11 is 7.32. The molecule has 1 fully saturated rings. The first kappa shape index (κ1) is 22.8. The number of hydrogen-bond acceptors (Lipinski definition) is 7. The third-order valence-electron chi connectivity index (χ3n) is 5.44. The van der Waals surface area contributed by atoms with Crippen LogP contribution in [-0.2, 0) is 19.4 Å². The minimum atomic E-state index is -3.12. The number of ether oxygens (including phenoxy) is 1. The van der Waals surface area contributed by atoms with Crippen LogP contribution in [-0.4, -0.2) is 65.7 Å². The number of sulfone groups is 1. The molecule has 3 heterocycles. The largest absolute Gasteiger partial charge is 0.451 e. The Morgan fingerprint density at radius 3 is 2.78 bits per heavy atom. The van der Waals surface area contributed by atoms with Crippen LogP contribution in [0.4, 0.5) is 0 Å². The van der Waals surface area contributed by atoms with E-state index < -0.39 is 28.3 Å². The van der Waals surface area contributed by atoms with Gasteiger partial charge in [-0.3, -0.25) is 4.79 Å². The molecule has 0 saturated carbocycles. The number of benzene rings is 1. The van der Waals surface area contributed by atoms with Crippen LogP contribution in [0.15, 0.2) is 30.3 Å². The highest BCUT2D eigenvalue weighted by molar-refractivity contribution is 7.91. The van der Waals surface area contributed by atoms with E-state index >= 15 is 0 Å². The lowest BCUT2D eigenvalue weighted by atomic mass is 10.2. The first-order chi connectivity index (χ1) is 15.2. The molecule has 2 aromatic heterocycles. The SMILES string of the molecule is CCN(C(=O)COC(=O)c1cc2c(C)nn(-c3cccc(Cl)c3)c2s1)C1CCS(=O)(=O)C1. The molecule has 1 aliphatic rings. The van der Waals surface area contributed by atoms with Crippen LogP contribution >= 0.6 is 22.9 Å². The van der Waals surface area contributed by atoms with E-state index in [4.69, 9.17) is 16.3 Å². The summed E-state index contributed by atoms with van der Waals surface area (Å²) in [4.78, 5) is 27.8. The van der Waals surface area contributed by atoms with Crippen LogP contribution in [0.25, 0.3) is 15.9 Å². The number of aryl methyl sites for hydroxylation is 1. The highest BCUT2D eigenvalue weighted by Gasteiger charge is 2.34. The highest BCUT2D eigenvalue weighted by Crippen LogP contribution is 2.31. The number of esters is 1. The maximum Gasteiger partial charge on any atom is 0.348 e. The topological polar surface area (TPSA) is 98.6 Å². The van der Waals surface area contributed by atoms with E-state index in [-0.39, 0.29) is 17.5 Å². The van der Waals surface area contributed by atoms with Crippen molar-refractivity contribution >= 4 is 54.9 Å². The Hall–Kier alpha value is -2.43. The molecule has 1 saturated heterocycles. The Morgan fingerprint density at radius 2 is 2.12 bits per heavy atom. The van der Waals surface area contributed by atoms with Crippen LogP contribution in [0.5, 0.6) is 0 Å². The smallest absolute Gasteiger partial charge is 0.348 e. The number of nitrogens with zero attached hydrogens (tertiary/aromatic N) is 3. The average Bonchev–Trinajstić information content (AvgIpc) is 3.41. The Balaban J connectivity index is 1.48. The molecule has 0 bridgehead atoms. The third-order valence-corrected chi connectivity index (χ3v) is 8.51. The standard InChI is InChI=1S/C21H22ClN3O5S2/c1-3-24(16-7-8-32(28,29)12-16)19(26)11-30-21(27)18-10-17-13(2)23-25(20(17)31-18)15-6-4-5-14(22)9-15/h4-6,9-10,16H,3,7-8,11-12H2,1-2H3. The number of amides is 1. The molecule has 0 radical (unpaired) electrons. The number of aromatic nitrogens is 2. The van der Waals surface area contributed by atoms with Gasteiger partial charge in [-0.05, 0) is 44.5 Å². The van der Waals surface area contributed by atoms with Crippen molar-refractivity contribution in [2.45, 2.75) is 26.3 Å². The Kier molecular flexibility index (Phi) is 6.28. The zero-order chi connectivity index (χ0) is 23.0. The average molecular weight is 496 g/mol. The molecule has 1 aliphatic heterocycles. The summed E-state index contributed by atoms with van der Waals surface area (Å²) in [7, 11) is -3.12. The van der Waals surface area contributed by atoms with E-state index in [0.717, 1.165) is 21.6 Å². The zero-order valence-corrected chi connectivity index (χ0v) is 20.0. The van der Waals surface area contributed by atoms with Crippen molar-refractivity contribution in [2.24, 2.45) is 0 Å². The monoisotopic (exact) mass is 495 g/mol. The van der Waals surface area contributed by atoms with Gasteiger partial charge in [0.05, 0.1) is 22.9 Å². The van der Waals surface area contributed by atoms with Crippen LogP contribution in [0.2, 0.25) is 5.02 Å². The number of hydrogen-bond donors (Lipinski definition) is 0. The lowest BCUT2D eigenvalue weighted by Gasteiger charge is -2.26. The fourth-order valence-corrected chi connectivity index (χ4v) is 6.86. The summed E-state index contributed by atoms with van der Waals surface area (Å²) in [6.45, 7) is 3.55. The summed E-state index contributed by atoms with van der Waals surface area (Å²) in [5, 5.41) is 5.93. The second-order valence-electron chi connectivity index (χ2n) is 7.62. The van der Waals surface area contributed by atoms with Crippen molar-refractivity contribution in [3.63, 3.8) is 0 Å². The van der Waals surface area contributed by atoms with Crippen molar-refractivity contribution in [3.8, 4) is 5.69 Å². The normalized spacial score (nSPS) is 17.5. The number of thiophene rings is 1. The second-order valence-corrected chi connectivity index (χ2v) is 11.3. The number of carbonyl (C=O) groups is 2. The van der Waals surface area contributed by atoms with Gasteiger partial charge in [-0.15, -0.1) is 11.3 Å². The predicted molar refractivity (Wildman–Crippen MR) is 123 cm³/mol. The van der Waals surface area contributed by atoms with Crippen molar-refractivity contribution in [2.75, 3.05) is 24.7 Å². The second kappa shape index (κ2) is 8.84. The molecule has 1 aromatic carbocycles. The molecule has 11 heteroatoms. The van der Waals surface area contributed by atoms with Crippen LogP contribution < -0.4 is 0 Å². The molecule has 0 spiro atoms. The molecule has 1 atom stereocenters. The van der Waals surface area contributed by atoms with Gasteiger partial charge in [0.15, 0.2) is 16.4 Å². The van der Waals surface area contributed by atoms with Gasteiger partial charge in [-0.25, -0.2) is 17.9 Å². The Morgan fingerprint density at radius 1 is 1.34 bits per heavy atom. The number of fused-ring (bicyclic) bond motifs is 1.